The topological polar surface area (TPSA) is 97.7 Å². The molecule has 6 heteroatoms. The number of urea groups is 1. The number of benzene rings is 1. The van der Waals surface area contributed by atoms with Gasteiger partial charge in [-0.05, 0) is 12.1 Å². The molecule has 0 fully saturated rings. The summed E-state index contributed by atoms with van der Waals surface area (Å²) in [5.41, 5.74) is 7.33. The molecule has 6 nitrogen and oxygen atoms in total. The van der Waals surface area contributed by atoms with Gasteiger partial charge in [-0.15, -0.1) is 0 Å². The molecule has 0 bridgehead atoms. The summed E-state index contributed by atoms with van der Waals surface area (Å²) in [6.45, 7) is 0. The molecular weight excluding hydrogens is 222 g/mol. The summed E-state index contributed by atoms with van der Waals surface area (Å²) in [7, 11) is 0. The van der Waals surface area contributed by atoms with Gasteiger partial charge in [0, 0.05) is 0 Å². The van der Waals surface area contributed by atoms with Crippen molar-refractivity contribution in [1.29, 1.82) is 0 Å². The number of para-hydroxylation sites is 1. The highest BCUT2D eigenvalue weighted by atomic mass is 16.3. The van der Waals surface area contributed by atoms with Crippen LogP contribution in [-0.4, -0.2) is 12.2 Å². The molecule has 1 aromatic carbocycles. The van der Waals surface area contributed by atoms with Crippen LogP contribution in [0.2, 0.25) is 0 Å². The zero-order valence-electron chi connectivity index (χ0n) is 8.71. The number of hydrogen-bond donors (Lipinski definition) is 2. The first kappa shape index (κ1) is 10.9. The molecule has 2 amide bonds. The maximum absolute atomic E-state index is 11.9. The van der Waals surface area contributed by atoms with E-state index in [9.17, 15) is 9.59 Å². The van der Waals surface area contributed by atoms with E-state index < -0.39 is 6.03 Å². The van der Waals surface area contributed by atoms with E-state index in [4.69, 9.17) is 10.2 Å². The molecule has 0 spiro atoms. The quantitative estimate of drug-likeness (QED) is 0.590. The second kappa shape index (κ2) is 4.48. The van der Waals surface area contributed by atoms with Gasteiger partial charge >= 0.3 is 6.03 Å². The maximum Gasteiger partial charge on any atom is 0.332 e. The zero-order chi connectivity index (χ0) is 12.3. The van der Waals surface area contributed by atoms with Crippen LogP contribution in [0.5, 0.6) is 0 Å². The number of carbonyl (C=O) groups excluding carboxylic acids is 1. The highest BCUT2D eigenvalue weighted by Crippen LogP contribution is 2.09. The van der Waals surface area contributed by atoms with Gasteiger partial charge in [0.05, 0.1) is 17.2 Å². The van der Waals surface area contributed by atoms with Gasteiger partial charge < -0.3 is 10.2 Å². The highest BCUT2D eigenvalue weighted by Gasteiger charge is 2.03. The van der Waals surface area contributed by atoms with Gasteiger partial charge in [0.2, 0.25) is 5.43 Å². The van der Waals surface area contributed by atoms with E-state index in [0.717, 1.165) is 0 Å². The number of nitrogens with two attached hydrogens (primary N) is 1. The Labute approximate surface area is 95.7 Å². The first-order valence-corrected chi connectivity index (χ1v) is 4.77. The summed E-state index contributed by atoms with van der Waals surface area (Å²) >= 11 is 0. The van der Waals surface area contributed by atoms with Gasteiger partial charge in [0.15, 0.2) is 0 Å². The summed E-state index contributed by atoms with van der Waals surface area (Å²) < 4.78 is 5.25. The van der Waals surface area contributed by atoms with E-state index in [2.05, 4.69) is 5.10 Å². The van der Waals surface area contributed by atoms with Gasteiger partial charge in [-0.25, -0.2) is 10.2 Å². The molecule has 0 saturated heterocycles. The maximum atomic E-state index is 11.9. The van der Waals surface area contributed by atoms with E-state index in [1.165, 1.54) is 12.5 Å². The fourth-order valence-corrected chi connectivity index (χ4v) is 1.35. The molecule has 2 rings (SSSR count). The predicted octanol–water partition coefficient (Wildman–Crippen LogP) is 0.795. The van der Waals surface area contributed by atoms with Crippen LogP contribution in [0.25, 0.3) is 11.0 Å². The lowest BCUT2D eigenvalue weighted by molar-refractivity contribution is 0.249. The molecule has 0 radical (unpaired) electrons. The van der Waals surface area contributed by atoms with Gasteiger partial charge in [-0.1, -0.05) is 12.1 Å². The molecule has 17 heavy (non-hydrogen) atoms. The van der Waals surface area contributed by atoms with Crippen LogP contribution in [-0.2, 0) is 0 Å². The number of carbonyl (C=O) groups is 1. The summed E-state index contributed by atoms with van der Waals surface area (Å²) in [5.74, 6) is 0. The van der Waals surface area contributed by atoms with Crippen molar-refractivity contribution in [2.24, 2.45) is 10.8 Å². The molecule has 3 N–H and O–H groups in total. The minimum Gasteiger partial charge on any atom is -0.463 e. The smallest absolute Gasteiger partial charge is 0.332 e. The lowest BCUT2D eigenvalue weighted by Gasteiger charge is -1.97. The third-order valence-corrected chi connectivity index (χ3v) is 2.09. The molecule has 2 aromatic rings. The Morgan fingerprint density at radius 2 is 2.18 bits per heavy atom. The Balaban J connectivity index is 2.43. The SMILES string of the molecule is NC(=O)NN=Cc1coc2ccccc2c1=O. The lowest BCUT2D eigenvalue weighted by Crippen LogP contribution is -2.24. The van der Waals surface area contributed by atoms with Crippen molar-refractivity contribution in [1.82, 2.24) is 5.43 Å². The van der Waals surface area contributed by atoms with Gasteiger partial charge in [0.1, 0.15) is 11.8 Å². The summed E-state index contributed by atoms with van der Waals surface area (Å²) in [6, 6.07) is 6.06. The molecule has 1 aromatic heterocycles. The van der Waals surface area contributed by atoms with Crippen molar-refractivity contribution in [3.8, 4) is 0 Å². The standard InChI is InChI=1S/C11H9N3O3/c12-11(16)14-13-5-7-6-17-9-4-2-1-3-8(9)10(7)15/h1-6H,(H3,12,14,16). The Morgan fingerprint density at radius 1 is 1.41 bits per heavy atom. The van der Waals surface area contributed by atoms with Gasteiger partial charge in [-0.2, -0.15) is 5.10 Å². The van der Waals surface area contributed by atoms with Crippen molar-refractivity contribution in [2.75, 3.05) is 0 Å². The van der Waals surface area contributed by atoms with Gasteiger partial charge in [-0.3, -0.25) is 4.79 Å². The number of fused-ring (bicyclic) bond motifs is 1. The Morgan fingerprint density at radius 3 is 2.94 bits per heavy atom. The van der Waals surface area contributed by atoms with Crippen molar-refractivity contribution >= 4 is 23.2 Å². The predicted molar refractivity (Wildman–Crippen MR) is 62.8 cm³/mol. The van der Waals surface area contributed by atoms with Crippen LogP contribution in [0.15, 0.2) is 44.8 Å². The van der Waals surface area contributed by atoms with E-state index in [-0.39, 0.29) is 11.0 Å². The molecule has 0 aliphatic carbocycles. The van der Waals surface area contributed by atoms with Crippen molar-refractivity contribution in [3.63, 3.8) is 0 Å². The summed E-state index contributed by atoms with van der Waals surface area (Å²) in [4.78, 5) is 22.3. The van der Waals surface area contributed by atoms with Crippen LogP contribution in [0, 0.1) is 0 Å². The van der Waals surface area contributed by atoms with Crippen LogP contribution < -0.4 is 16.6 Å². The van der Waals surface area contributed by atoms with E-state index in [1.54, 1.807) is 24.3 Å². The number of hydrogen-bond acceptors (Lipinski definition) is 4. The summed E-state index contributed by atoms with van der Waals surface area (Å²) in [5, 5.41) is 3.95. The molecule has 0 unspecified atom stereocenters. The van der Waals surface area contributed by atoms with Crippen molar-refractivity contribution < 1.29 is 9.21 Å². The second-order valence-electron chi connectivity index (χ2n) is 3.25. The molecule has 0 saturated carbocycles. The lowest BCUT2D eigenvalue weighted by atomic mass is 10.2. The van der Waals surface area contributed by atoms with Crippen LogP contribution in [0.1, 0.15) is 5.56 Å². The Kier molecular flexibility index (Phi) is 2.87. The fraction of sp³-hybridized carbons (Fsp3) is 0. The van der Waals surface area contributed by atoms with Crippen LogP contribution in [0.3, 0.4) is 0 Å². The molecule has 86 valence electrons. The zero-order valence-corrected chi connectivity index (χ0v) is 8.71. The largest absolute Gasteiger partial charge is 0.463 e. The fourth-order valence-electron chi connectivity index (χ4n) is 1.35. The van der Waals surface area contributed by atoms with Crippen LogP contribution >= 0.6 is 0 Å². The minimum atomic E-state index is -0.800. The normalized spacial score (nSPS) is 10.8. The van der Waals surface area contributed by atoms with E-state index in [1.807, 2.05) is 5.43 Å². The Hall–Kier alpha value is -2.63. The monoisotopic (exact) mass is 231 g/mol. The van der Waals surface area contributed by atoms with Crippen LogP contribution in [0.4, 0.5) is 4.79 Å². The number of hydrazone groups is 1. The van der Waals surface area contributed by atoms with E-state index >= 15 is 0 Å². The molecular formula is C11H9N3O3. The number of primary amides is 1. The number of rotatable bonds is 2. The number of amides is 2. The minimum absolute atomic E-state index is 0.220. The number of nitrogens with one attached hydrogen (secondary N) is 1. The van der Waals surface area contributed by atoms with Gasteiger partial charge in [0.25, 0.3) is 0 Å². The van der Waals surface area contributed by atoms with E-state index in [0.29, 0.717) is 11.0 Å². The van der Waals surface area contributed by atoms with Crippen molar-refractivity contribution in [2.45, 2.75) is 0 Å². The third-order valence-electron chi connectivity index (χ3n) is 2.09. The number of nitrogens with zero attached hydrogens (tertiary/aromatic N) is 1. The van der Waals surface area contributed by atoms with Crippen molar-refractivity contribution in [3.05, 3.63) is 46.3 Å². The first-order chi connectivity index (χ1) is 8.18. The summed E-state index contributed by atoms with van der Waals surface area (Å²) in [6.07, 6.45) is 2.46. The molecule has 0 atom stereocenters. The second-order valence-corrected chi connectivity index (χ2v) is 3.25. The highest BCUT2D eigenvalue weighted by molar-refractivity contribution is 5.86. The first-order valence-electron chi connectivity index (χ1n) is 4.77. The molecule has 1 heterocycles. The third kappa shape index (κ3) is 2.31. The molecule has 0 aliphatic rings. The average Bonchev–Trinajstić information content (AvgIpc) is 2.32. The Bertz CT molecular complexity index is 646. The average molecular weight is 231 g/mol. The molecule has 0 aliphatic heterocycles.